The summed E-state index contributed by atoms with van der Waals surface area (Å²) in [6.07, 6.45) is 1.73. The maximum absolute atomic E-state index is 13.0. The Balaban J connectivity index is 1.30. The average molecular weight is 562 g/mol. The van der Waals surface area contributed by atoms with Crippen LogP contribution in [0, 0.1) is 5.92 Å². The van der Waals surface area contributed by atoms with Crippen molar-refractivity contribution in [3.8, 4) is 28.6 Å². The van der Waals surface area contributed by atoms with Crippen LogP contribution in [0.2, 0.25) is 0 Å². The predicted octanol–water partition coefficient (Wildman–Crippen LogP) is 2.55. The van der Waals surface area contributed by atoms with Crippen LogP contribution in [0.25, 0.3) is 17.1 Å². The summed E-state index contributed by atoms with van der Waals surface area (Å²) >= 11 is 0. The first kappa shape index (κ1) is 28.6. The number of aromatic hydroxyl groups is 2. The van der Waals surface area contributed by atoms with Gasteiger partial charge in [0, 0.05) is 50.4 Å². The number of phenolic OH excluding ortho intramolecular Hbond substituents is 2. The molecule has 11 nitrogen and oxygen atoms in total. The summed E-state index contributed by atoms with van der Waals surface area (Å²) in [5, 5.41) is 29.1. The van der Waals surface area contributed by atoms with Crippen LogP contribution in [0.3, 0.4) is 0 Å². The van der Waals surface area contributed by atoms with Gasteiger partial charge in [0.2, 0.25) is 11.7 Å². The fraction of sp³-hybridized carbons (Fsp3) is 0.467. The number of hydrogen-bond donors (Lipinski definition) is 3. The normalized spacial score (nSPS) is 17.3. The van der Waals surface area contributed by atoms with Crippen molar-refractivity contribution in [1.29, 1.82) is 0 Å². The fourth-order valence-corrected chi connectivity index (χ4v) is 5.73. The van der Waals surface area contributed by atoms with Gasteiger partial charge < -0.3 is 25.7 Å². The van der Waals surface area contributed by atoms with Crippen molar-refractivity contribution >= 4 is 11.8 Å². The largest absolute Gasteiger partial charge is 0.508 e. The summed E-state index contributed by atoms with van der Waals surface area (Å²) in [6, 6.07) is 10.7. The topological polar surface area (TPSA) is 141 Å². The second-order valence-electron chi connectivity index (χ2n) is 11.5. The molecular weight excluding hydrogens is 522 g/mol. The van der Waals surface area contributed by atoms with Crippen molar-refractivity contribution in [3.63, 3.8) is 0 Å². The Labute approximate surface area is 240 Å². The summed E-state index contributed by atoms with van der Waals surface area (Å²) in [4.78, 5) is 31.9. The molecular formula is C30H39N7O4. The van der Waals surface area contributed by atoms with Gasteiger partial charge in [-0.05, 0) is 68.2 Å². The average Bonchev–Trinajstić information content (AvgIpc) is 3.39. The van der Waals surface area contributed by atoms with E-state index in [2.05, 4.69) is 27.0 Å². The number of nitrogens with two attached hydrogens (primary N) is 1. The van der Waals surface area contributed by atoms with Crippen LogP contribution < -0.4 is 5.73 Å². The van der Waals surface area contributed by atoms with Crippen LogP contribution in [0.5, 0.6) is 11.5 Å². The Bertz CT molecular complexity index is 1400. The summed E-state index contributed by atoms with van der Waals surface area (Å²) in [5.41, 5.74) is 8.32. The van der Waals surface area contributed by atoms with Gasteiger partial charge in [-0.25, -0.2) is 0 Å². The Morgan fingerprint density at radius 3 is 2.22 bits per heavy atom. The van der Waals surface area contributed by atoms with E-state index >= 15 is 0 Å². The van der Waals surface area contributed by atoms with E-state index in [1.54, 1.807) is 6.07 Å². The van der Waals surface area contributed by atoms with Crippen LogP contribution in [-0.4, -0.2) is 97.8 Å². The number of piperazine rings is 1. The number of aromatic nitrogens is 3. The maximum Gasteiger partial charge on any atom is 0.287 e. The molecule has 0 aliphatic carbocycles. The molecule has 1 aromatic heterocycles. The highest BCUT2D eigenvalue weighted by Crippen LogP contribution is 2.38. The quantitative estimate of drug-likeness (QED) is 0.400. The first-order chi connectivity index (χ1) is 19.6. The molecule has 3 aromatic rings. The van der Waals surface area contributed by atoms with Crippen molar-refractivity contribution < 1.29 is 19.8 Å². The summed E-state index contributed by atoms with van der Waals surface area (Å²) in [6.45, 7) is 9.86. The van der Waals surface area contributed by atoms with Crippen LogP contribution >= 0.6 is 0 Å². The predicted molar refractivity (Wildman–Crippen MR) is 155 cm³/mol. The molecule has 5 rings (SSSR count). The van der Waals surface area contributed by atoms with Crippen LogP contribution in [-0.2, 0) is 11.3 Å². The number of carbonyl (C=O) groups is 2. The Morgan fingerprint density at radius 2 is 1.61 bits per heavy atom. The Morgan fingerprint density at radius 1 is 0.951 bits per heavy atom. The number of rotatable bonds is 7. The first-order valence-corrected chi connectivity index (χ1v) is 14.2. The molecule has 2 aliphatic heterocycles. The molecule has 0 bridgehead atoms. The standard InChI is InChI=1S/C30H39N7O4/c1-19(2)23-16-24(26(39)17-25(23)38)28-32-33-29(27(31)40)37(28)22-6-4-20(5-7-22)18-35-10-8-21(9-11-35)30(41)36-14-12-34(3)13-15-36/h4-7,16-17,19,21,38-39H,8-15,18H2,1-3H3,(H2,31,40). The van der Waals surface area contributed by atoms with Gasteiger partial charge in [-0.2, -0.15) is 0 Å². The van der Waals surface area contributed by atoms with Crippen LogP contribution in [0.4, 0.5) is 0 Å². The lowest BCUT2D eigenvalue weighted by Crippen LogP contribution is -2.50. The molecule has 0 atom stereocenters. The molecule has 218 valence electrons. The summed E-state index contributed by atoms with van der Waals surface area (Å²) < 4.78 is 1.53. The SMILES string of the molecule is CC(C)c1cc(-c2nnc(C(N)=O)n2-c2ccc(CN3CCC(C(=O)N4CCN(C)CC4)CC3)cc2)c(O)cc1O. The lowest BCUT2D eigenvalue weighted by atomic mass is 9.94. The van der Waals surface area contributed by atoms with Gasteiger partial charge in [0.25, 0.3) is 5.91 Å². The number of carbonyl (C=O) groups excluding carboxylic acids is 2. The highest BCUT2D eigenvalue weighted by atomic mass is 16.3. The van der Waals surface area contributed by atoms with Gasteiger partial charge in [-0.1, -0.05) is 26.0 Å². The van der Waals surface area contributed by atoms with E-state index in [-0.39, 0.29) is 35.0 Å². The number of likely N-dealkylation sites (N-methyl/N-ethyl adjacent to an activating group) is 1. The number of piperidine rings is 1. The number of likely N-dealkylation sites (tertiary alicyclic amines) is 1. The molecule has 2 fully saturated rings. The minimum Gasteiger partial charge on any atom is -0.508 e. The molecule has 3 heterocycles. The van der Waals surface area contributed by atoms with Crippen molar-refractivity contribution in [3.05, 3.63) is 53.3 Å². The monoisotopic (exact) mass is 561 g/mol. The highest BCUT2D eigenvalue weighted by molar-refractivity contribution is 5.91. The molecule has 0 saturated carbocycles. The van der Waals surface area contributed by atoms with Gasteiger partial charge in [-0.3, -0.25) is 19.1 Å². The van der Waals surface area contributed by atoms with Gasteiger partial charge in [0.05, 0.1) is 5.56 Å². The third-order valence-electron chi connectivity index (χ3n) is 8.24. The Hall–Kier alpha value is -3.96. The summed E-state index contributed by atoms with van der Waals surface area (Å²) in [5.74, 6) is -0.348. The molecule has 2 saturated heterocycles. The molecule has 2 amide bonds. The van der Waals surface area contributed by atoms with E-state index in [0.717, 1.165) is 64.2 Å². The second-order valence-corrected chi connectivity index (χ2v) is 11.5. The van der Waals surface area contributed by atoms with E-state index in [4.69, 9.17) is 5.73 Å². The zero-order chi connectivity index (χ0) is 29.3. The molecule has 0 spiro atoms. The minimum absolute atomic E-state index is 0.00409. The molecule has 2 aromatic carbocycles. The first-order valence-electron chi connectivity index (χ1n) is 14.2. The number of hydrogen-bond acceptors (Lipinski definition) is 8. The molecule has 0 unspecified atom stereocenters. The van der Waals surface area contributed by atoms with Gasteiger partial charge in [-0.15, -0.1) is 10.2 Å². The van der Waals surface area contributed by atoms with Gasteiger partial charge >= 0.3 is 0 Å². The molecule has 41 heavy (non-hydrogen) atoms. The molecule has 2 aliphatic rings. The lowest BCUT2D eigenvalue weighted by molar-refractivity contribution is -0.138. The van der Waals surface area contributed by atoms with E-state index < -0.39 is 5.91 Å². The number of primary amides is 1. The minimum atomic E-state index is -0.746. The van der Waals surface area contributed by atoms with Crippen molar-refractivity contribution in [2.75, 3.05) is 46.3 Å². The molecule has 4 N–H and O–H groups in total. The third-order valence-corrected chi connectivity index (χ3v) is 8.24. The lowest BCUT2D eigenvalue weighted by Gasteiger charge is -2.37. The number of nitrogens with zero attached hydrogens (tertiary/aromatic N) is 6. The number of phenols is 2. The van der Waals surface area contributed by atoms with Crippen LogP contribution in [0.15, 0.2) is 36.4 Å². The molecule has 0 radical (unpaired) electrons. The van der Waals surface area contributed by atoms with Crippen molar-refractivity contribution in [2.45, 2.75) is 39.2 Å². The highest BCUT2D eigenvalue weighted by Gasteiger charge is 2.30. The van der Waals surface area contributed by atoms with Crippen molar-refractivity contribution in [1.82, 2.24) is 29.5 Å². The summed E-state index contributed by atoms with van der Waals surface area (Å²) in [7, 11) is 2.09. The van der Waals surface area contributed by atoms with Gasteiger partial charge in [0.1, 0.15) is 11.5 Å². The van der Waals surface area contributed by atoms with E-state index in [1.807, 2.05) is 43.0 Å². The van der Waals surface area contributed by atoms with E-state index in [0.29, 0.717) is 22.7 Å². The fourth-order valence-electron chi connectivity index (χ4n) is 5.73. The second kappa shape index (κ2) is 11.9. The smallest absolute Gasteiger partial charge is 0.287 e. The number of benzene rings is 2. The van der Waals surface area contributed by atoms with Gasteiger partial charge in [0.15, 0.2) is 5.82 Å². The number of amides is 2. The van der Waals surface area contributed by atoms with E-state index in [1.165, 1.54) is 10.6 Å². The third kappa shape index (κ3) is 6.06. The zero-order valence-electron chi connectivity index (χ0n) is 24.0. The van der Waals surface area contributed by atoms with Crippen LogP contribution in [0.1, 0.15) is 54.4 Å². The van der Waals surface area contributed by atoms with Crippen molar-refractivity contribution in [2.24, 2.45) is 11.7 Å². The zero-order valence-corrected chi connectivity index (χ0v) is 24.0. The molecule has 11 heteroatoms. The maximum atomic E-state index is 13.0. The Kier molecular flexibility index (Phi) is 8.27. The van der Waals surface area contributed by atoms with E-state index in [9.17, 15) is 19.8 Å².